The van der Waals surface area contributed by atoms with Gasteiger partial charge in [0.1, 0.15) is 5.00 Å². The number of benzene rings is 1. The van der Waals surface area contributed by atoms with Crippen molar-refractivity contribution < 1.29 is 19.1 Å². The van der Waals surface area contributed by atoms with E-state index in [1.54, 1.807) is 26.2 Å². The Hall–Kier alpha value is -2.54. The van der Waals surface area contributed by atoms with Crippen molar-refractivity contribution in [2.75, 3.05) is 19.0 Å². The first-order valence-corrected chi connectivity index (χ1v) is 10.4. The fraction of sp³-hybridized carbons (Fsp3) is 0.429. The first-order valence-electron chi connectivity index (χ1n) is 9.58. The third-order valence-electron chi connectivity index (χ3n) is 4.71. The largest absolute Gasteiger partial charge is 0.493 e. The number of hydrogen-bond donors (Lipinski definition) is 2. The number of amides is 2. The SMILES string of the molecule is CCNC(=O)c1c(NC(=O)[C@H](C)Oc2ccccc2OC)sc2c1CCCC2. The fourth-order valence-electron chi connectivity index (χ4n) is 3.32. The fourth-order valence-corrected chi connectivity index (χ4v) is 4.61. The lowest BCUT2D eigenvalue weighted by Gasteiger charge is -2.17. The number of carbonyl (C=O) groups is 2. The third-order valence-corrected chi connectivity index (χ3v) is 5.92. The second-order valence-electron chi connectivity index (χ2n) is 6.67. The van der Waals surface area contributed by atoms with Gasteiger partial charge in [0.05, 0.1) is 12.7 Å². The van der Waals surface area contributed by atoms with Gasteiger partial charge in [0.25, 0.3) is 11.8 Å². The molecule has 28 heavy (non-hydrogen) atoms. The molecule has 0 spiro atoms. The number of para-hydroxylation sites is 2. The second kappa shape index (κ2) is 9.10. The summed E-state index contributed by atoms with van der Waals surface area (Å²) in [7, 11) is 1.56. The van der Waals surface area contributed by atoms with Gasteiger partial charge in [-0.15, -0.1) is 11.3 Å². The molecule has 2 amide bonds. The number of fused-ring (bicyclic) bond motifs is 1. The Morgan fingerprint density at radius 1 is 1.18 bits per heavy atom. The van der Waals surface area contributed by atoms with Gasteiger partial charge in [-0.25, -0.2) is 0 Å². The van der Waals surface area contributed by atoms with Crippen molar-refractivity contribution in [3.63, 3.8) is 0 Å². The van der Waals surface area contributed by atoms with Crippen molar-refractivity contribution in [3.8, 4) is 11.5 Å². The average Bonchev–Trinajstić information content (AvgIpc) is 3.06. The Morgan fingerprint density at radius 3 is 2.61 bits per heavy atom. The molecule has 2 N–H and O–H groups in total. The number of aryl methyl sites for hydroxylation is 1. The van der Waals surface area contributed by atoms with Crippen molar-refractivity contribution in [2.24, 2.45) is 0 Å². The molecule has 0 unspecified atom stereocenters. The van der Waals surface area contributed by atoms with Crippen LogP contribution in [0.1, 0.15) is 47.5 Å². The van der Waals surface area contributed by atoms with E-state index in [4.69, 9.17) is 9.47 Å². The summed E-state index contributed by atoms with van der Waals surface area (Å²) in [4.78, 5) is 26.6. The van der Waals surface area contributed by atoms with Crippen LogP contribution in [-0.2, 0) is 17.6 Å². The molecule has 2 aromatic rings. The molecule has 150 valence electrons. The van der Waals surface area contributed by atoms with Gasteiger partial charge < -0.3 is 20.1 Å². The van der Waals surface area contributed by atoms with Gasteiger partial charge in [0.2, 0.25) is 0 Å². The average molecular weight is 403 g/mol. The number of carbonyl (C=O) groups excluding carboxylic acids is 2. The summed E-state index contributed by atoms with van der Waals surface area (Å²) in [6, 6.07) is 7.20. The minimum Gasteiger partial charge on any atom is -0.493 e. The zero-order valence-electron chi connectivity index (χ0n) is 16.5. The van der Waals surface area contributed by atoms with Crippen LogP contribution >= 0.6 is 11.3 Å². The van der Waals surface area contributed by atoms with E-state index in [9.17, 15) is 9.59 Å². The number of hydrogen-bond acceptors (Lipinski definition) is 5. The van der Waals surface area contributed by atoms with Crippen LogP contribution in [0.3, 0.4) is 0 Å². The summed E-state index contributed by atoms with van der Waals surface area (Å²) < 4.78 is 11.1. The Balaban J connectivity index is 1.79. The summed E-state index contributed by atoms with van der Waals surface area (Å²) >= 11 is 1.50. The maximum Gasteiger partial charge on any atom is 0.265 e. The number of ether oxygens (including phenoxy) is 2. The zero-order chi connectivity index (χ0) is 20.1. The highest BCUT2D eigenvalue weighted by atomic mass is 32.1. The molecule has 0 radical (unpaired) electrons. The minimum atomic E-state index is -0.738. The molecule has 0 aliphatic heterocycles. The predicted octanol–water partition coefficient (Wildman–Crippen LogP) is 3.79. The third kappa shape index (κ3) is 4.30. The molecular formula is C21H26N2O4S. The predicted molar refractivity (Wildman–Crippen MR) is 111 cm³/mol. The molecule has 1 aromatic carbocycles. The van der Waals surface area contributed by atoms with Crippen molar-refractivity contribution in [2.45, 2.75) is 45.6 Å². The number of anilines is 1. The standard InChI is InChI=1S/C21H26N2O4S/c1-4-22-20(25)18-14-9-5-8-12-17(14)28-21(18)23-19(24)13(2)27-16-11-7-6-10-15(16)26-3/h6-7,10-11,13H,4-5,8-9,12H2,1-3H3,(H,22,25)(H,23,24)/t13-/m0/s1. The van der Waals surface area contributed by atoms with E-state index in [1.165, 1.54) is 16.2 Å². The molecule has 1 atom stereocenters. The van der Waals surface area contributed by atoms with Gasteiger partial charge in [-0.1, -0.05) is 12.1 Å². The lowest BCUT2D eigenvalue weighted by molar-refractivity contribution is -0.122. The monoisotopic (exact) mass is 402 g/mol. The highest BCUT2D eigenvalue weighted by Crippen LogP contribution is 2.38. The number of rotatable bonds is 7. The number of methoxy groups -OCH3 is 1. The molecule has 1 aliphatic rings. The summed E-state index contributed by atoms with van der Waals surface area (Å²) in [5.74, 6) is 0.643. The van der Waals surface area contributed by atoms with Crippen LogP contribution < -0.4 is 20.1 Å². The smallest absolute Gasteiger partial charge is 0.265 e. The molecule has 7 heteroatoms. The summed E-state index contributed by atoms with van der Waals surface area (Å²) in [6.07, 6.45) is 3.27. The van der Waals surface area contributed by atoms with E-state index >= 15 is 0 Å². The topological polar surface area (TPSA) is 76.7 Å². The molecule has 1 heterocycles. The van der Waals surface area contributed by atoms with Crippen LogP contribution in [-0.4, -0.2) is 31.6 Å². The molecule has 1 aliphatic carbocycles. The Morgan fingerprint density at radius 2 is 1.89 bits per heavy atom. The van der Waals surface area contributed by atoms with Crippen LogP contribution in [0.2, 0.25) is 0 Å². The van der Waals surface area contributed by atoms with E-state index in [0.717, 1.165) is 31.2 Å². The molecule has 3 rings (SSSR count). The van der Waals surface area contributed by atoms with Gasteiger partial charge in [0, 0.05) is 11.4 Å². The molecule has 0 fully saturated rings. The lowest BCUT2D eigenvalue weighted by Crippen LogP contribution is -2.31. The van der Waals surface area contributed by atoms with Crippen molar-refractivity contribution in [3.05, 3.63) is 40.3 Å². The van der Waals surface area contributed by atoms with Crippen LogP contribution in [0, 0.1) is 0 Å². The highest BCUT2D eigenvalue weighted by molar-refractivity contribution is 7.17. The number of thiophene rings is 1. The summed E-state index contributed by atoms with van der Waals surface area (Å²) in [5, 5.41) is 6.39. The van der Waals surface area contributed by atoms with Gasteiger partial charge in [-0.3, -0.25) is 9.59 Å². The van der Waals surface area contributed by atoms with E-state index in [2.05, 4.69) is 10.6 Å². The van der Waals surface area contributed by atoms with E-state index in [-0.39, 0.29) is 11.8 Å². The van der Waals surface area contributed by atoms with Crippen LogP contribution in [0.4, 0.5) is 5.00 Å². The van der Waals surface area contributed by atoms with E-state index in [0.29, 0.717) is 28.6 Å². The second-order valence-corrected chi connectivity index (χ2v) is 7.78. The van der Waals surface area contributed by atoms with Crippen molar-refractivity contribution >= 4 is 28.2 Å². The molecule has 6 nitrogen and oxygen atoms in total. The maximum atomic E-state index is 12.8. The highest BCUT2D eigenvalue weighted by Gasteiger charge is 2.27. The Bertz CT molecular complexity index is 862. The van der Waals surface area contributed by atoms with Crippen molar-refractivity contribution in [1.29, 1.82) is 0 Å². The van der Waals surface area contributed by atoms with Crippen molar-refractivity contribution in [1.82, 2.24) is 5.32 Å². The normalized spacial score (nSPS) is 14.0. The van der Waals surface area contributed by atoms with Crippen LogP contribution in [0.5, 0.6) is 11.5 Å². The van der Waals surface area contributed by atoms with Gasteiger partial charge in [0.15, 0.2) is 17.6 Å². The molecule has 0 bridgehead atoms. The first-order chi connectivity index (χ1) is 13.5. The number of nitrogens with one attached hydrogen (secondary N) is 2. The molecular weight excluding hydrogens is 376 g/mol. The quantitative estimate of drug-likeness (QED) is 0.739. The molecule has 1 aromatic heterocycles. The Kier molecular flexibility index (Phi) is 6.57. The van der Waals surface area contributed by atoms with Gasteiger partial charge >= 0.3 is 0 Å². The van der Waals surface area contributed by atoms with Crippen LogP contribution in [0.25, 0.3) is 0 Å². The Labute approximate surface area is 169 Å². The van der Waals surface area contributed by atoms with E-state index in [1.807, 2.05) is 19.1 Å². The summed E-state index contributed by atoms with van der Waals surface area (Å²) in [6.45, 7) is 4.11. The lowest BCUT2D eigenvalue weighted by atomic mass is 9.95. The minimum absolute atomic E-state index is 0.129. The summed E-state index contributed by atoms with van der Waals surface area (Å²) in [5.41, 5.74) is 1.69. The van der Waals surface area contributed by atoms with Crippen LogP contribution in [0.15, 0.2) is 24.3 Å². The van der Waals surface area contributed by atoms with Gasteiger partial charge in [-0.05, 0) is 57.2 Å². The first kappa shape index (κ1) is 20.2. The maximum absolute atomic E-state index is 12.8. The molecule has 0 saturated heterocycles. The molecule has 0 saturated carbocycles. The van der Waals surface area contributed by atoms with E-state index < -0.39 is 6.10 Å². The van der Waals surface area contributed by atoms with Gasteiger partial charge in [-0.2, -0.15) is 0 Å². The zero-order valence-corrected chi connectivity index (χ0v) is 17.3.